The summed E-state index contributed by atoms with van der Waals surface area (Å²) in [6.07, 6.45) is 0. The third kappa shape index (κ3) is 6.01. The average Bonchev–Trinajstić information content (AvgIpc) is 2.74. The predicted molar refractivity (Wildman–Crippen MR) is 127 cm³/mol. The van der Waals surface area contributed by atoms with Gasteiger partial charge in [-0.25, -0.2) is 8.42 Å². The summed E-state index contributed by atoms with van der Waals surface area (Å²) in [4.78, 5) is 12.9. The van der Waals surface area contributed by atoms with Gasteiger partial charge in [0, 0.05) is 16.6 Å². The van der Waals surface area contributed by atoms with E-state index in [9.17, 15) is 13.2 Å². The Hall–Kier alpha value is -2.58. The van der Waals surface area contributed by atoms with E-state index in [1.54, 1.807) is 12.1 Å². The normalized spacial score (nSPS) is 11.4. The number of amides is 1. The minimum Gasteiger partial charge on any atom is -0.495 e. The summed E-state index contributed by atoms with van der Waals surface area (Å²) >= 11 is 11.9. The van der Waals surface area contributed by atoms with E-state index >= 15 is 0 Å². The maximum absolute atomic E-state index is 13.4. The summed E-state index contributed by atoms with van der Waals surface area (Å²) in [5, 5.41) is 3.51. The number of carbonyl (C=O) groups is 1. The smallest absolute Gasteiger partial charge is 0.243 e. The van der Waals surface area contributed by atoms with E-state index in [1.165, 1.54) is 37.4 Å². The Balaban J connectivity index is 1.91. The van der Waals surface area contributed by atoms with Gasteiger partial charge in [-0.15, -0.1) is 0 Å². The molecule has 0 spiro atoms. The lowest BCUT2D eigenvalue weighted by atomic mass is 10.1. The lowest BCUT2D eigenvalue weighted by molar-refractivity contribution is -0.116. The molecule has 1 N–H and O–H groups in total. The van der Waals surface area contributed by atoms with Crippen molar-refractivity contribution in [2.24, 2.45) is 0 Å². The van der Waals surface area contributed by atoms with Gasteiger partial charge in [-0.05, 0) is 55.0 Å². The monoisotopic (exact) mass is 492 g/mol. The fourth-order valence-corrected chi connectivity index (χ4v) is 4.81. The number of benzene rings is 3. The molecule has 0 heterocycles. The minimum atomic E-state index is -3.98. The molecular weight excluding hydrogens is 471 g/mol. The first-order chi connectivity index (χ1) is 15.2. The SMILES string of the molecule is COc1ccc(Cl)cc1NC(=O)CN(Cc1cccc(C)c1)S(=O)(=O)c1ccc(Cl)cc1. The Kier molecular flexibility index (Phi) is 7.79. The van der Waals surface area contributed by atoms with Gasteiger partial charge in [-0.2, -0.15) is 4.31 Å². The largest absolute Gasteiger partial charge is 0.495 e. The highest BCUT2D eigenvalue weighted by molar-refractivity contribution is 7.89. The highest BCUT2D eigenvalue weighted by Gasteiger charge is 2.27. The van der Waals surface area contributed by atoms with Crippen LogP contribution in [0.4, 0.5) is 5.69 Å². The molecule has 3 aromatic rings. The Labute approximate surface area is 197 Å². The van der Waals surface area contributed by atoms with Gasteiger partial charge in [-0.3, -0.25) is 4.79 Å². The third-order valence-electron chi connectivity index (χ3n) is 4.65. The second kappa shape index (κ2) is 10.4. The zero-order valence-corrected chi connectivity index (χ0v) is 19.8. The Bertz CT molecular complexity index is 1210. The molecule has 0 unspecified atom stereocenters. The molecule has 0 atom stereocenters. The maximum atomic E-state index is 13.4. The van der Waals surface area contributed by atoms with Crippen LogP contribution in [0.15, 0.2) is 71.6 Å². The van der Waals surface area contributed by atoms with E-state index in [0.29, 0.717) is 21.5 Å². The van der Waals surface area contributed by atoms with Gasteiger partial charge in [0.25, 0.3) is 0 Å². The number of halogens is 2. The summed E-state index contributed by atoms with van der Waals surface area (Å²) in [7, 11) is -2.52. The maximum Gasteiger partial charge on any atom is 0.243 e. The van der Waals surface area contributed by atoms with Gasteiger partial charge in [0.2, 0.25) is 15.9 Å². The van der Waals surface area contributed by atoms with Crippen LogP contribution in [-0.4, -0.2) is 32.3 Å². The van der Waals surface area contributed by atoms with Crippen LogP contribution in [0.2, 0.25) is 10.0 Å². The molecule has 9 heteroatoms. The van der Waals surface area contributed by atoms with Gasteiger partial charge in [-0.1, -0.05) is 53.0 Å². The molecule has 0 aliphatic heterocycles. The van der Waals surface area contributed by atoms with Crippen LogP contribution < -0.4 is 10.1 Å². The van der Waals surface area contributed by atoms with Crippen molar-refractivity contribution in [3.63, 3.8) is 0 Å². The topological polar surface area (TPSA) is 75.7 Å². The van der Waals surface area contributed by atoms with Gasteiger partial charge < -0.3 is 10.1 Å². The summed E-state index contributed by atoms with van der Waals surface area (Å²) in [5.41, 5.74) is 2.10. The Morgan fingerprint density at radius 2 is 1.69 bits per heavy atom. The predicted octanol–water partition coefficient (Wildman–Crippen LogP) is 5.14. The van der Waals surface area contributed by atoms with E-state index in [-0.39, 0.29) is 11.4 Å². The lowest BCUT2D eigenvalue weighted by Gasteiger charge is -2.22. The second-order valence-corrected chi connectivity index (χ2v) is 9.92. The number of nitrogens with zero attached hydrogens (tertiary/aromatic N) is 1. The van der Waals surface area contributed by atoms with Gasteiger partial charge >= 0.3 is 0 Å². The molecule has 0 saturated heterocycles. The highest BCUT2D eigenvalue weighted by atomic mass is 35.5. The van der Waals surface area contributed by atoms with E-state index < -0.39 is 22.5 Å². The minimum absolute atomic E-state index is 0.0206. The molecule has 1 amide bonds. The molecule has 0 fully saturated rings. The van der Waals surface area contributed by atoms with Crippen LogP contribution >= 0.6 is 23.2 Å². The van der Waals surface area contributed by atoms with Crippen LogP contribution in [0.5, 0.6) is 5.75 Å². The lowest BCUT2D eigenvalue weighted by Crippen LogP contribution is -2.37. The quantitative estimate of drug-likeness (QED) is 0.472. The van der Waals surface area contributed by atoms with E-state index in [4.69, 9.17) is 27.9 Å². The van der Waals surface area contributed by atoms with Gasteiger partial charge in [0.1, 0.15) is 5.75 Å². The number of anilines is 1. The first kappa shape index (κ1) is 24.1. The fraction of sp³-hybridized carbons (Fsp3) is 0.174. The van der Waals surface area contributed by atoms with Crippen molar-refractivity contribution in [3.05, 3.63) is 87.9 Å². The number of hydrogen-bond acceptors (Lipinski definition) is 4. The van der Waals surface area contributed by atoms with Crippen molar-refractivity contribution >= 4 is 44.8 Å². The fourth-order valence-electron chi connectivity index (χ4n) is 3.12. The molecule has 0 saturated carbocycles. The number of aryl methyl sites for hydroxylation is 1. The molecule has 168 valence electrons. The number of methoxy groups -OCH3 is 1. The first-order valence-electron chi connectivity index (χ1n) is 9.63. The molecule has 0 radical (unpaired) electrons. The van der Waals surface area contributed by atoms with Crippen LogP contribution in [0.25, 0.3) is 0 Å². The van der Waals surface area contributed by atoms with E-state index in [2.05, 4.69) is 5.32 Å². The Morgan fingerprint density at radius 1 is 1.00 bits per heavy atom. The zero-order valence-electron chi connectivity index (χ0n) is 17.5. The van der Waals surface area contributed by atoms with Crippen molar-refractivity contribution in [2.45, 2.75) is 18.4 Å². The summed E-state index contributed by atoms with van der Waals surface area (Å²) in [6, 6.07) is 18.1. The Morgan fingerprint density at radius 3 is 2.34 bits per heavy atom. The van der Waals surface area contributed by atoms with E-state index in [0.717, 1.165) is 15.4 Å². The summed E-state index contributed by atoms with van der Waals surface area (Å²) < 4.78 is 33.1. The highest BCUT2D eigenvalue weighted by Crippen LogP contribution is 2.28. The molecule has 32 heavy (non-hydrogen) atoms. The number of ether oxygens (including phenoxy) is 1. The molecule has 0 aromatic heterocycles. The zero-order chi connectivity index (χ0) is 23.3. The average molecular weight is 493 g/mol. The molecule has 6 nitrogen and oxygen atoms in total. The number of sulfonamides is 1. The molecular formula is C23H22Cl2N2O4S. The van der Waals surface area contributed by atoms with Crippen LogP contribution in [0.1, 0.15) is 11.1 Å². The molecule has 0 aliphatic carbocycles. The molecule has 3 rings (SSSR count). The van der Waals surface area contributed by atoms with Gasteiger partial charge in [0.05, 0.1) is 24.2 Å². The van der Waals surface area contributed by atoms with Crippen LogP contribution in [0, 0.1) is 6.92 Å². The van der Waals surface area contributed by atoms with Crippen molar-refractivity contribution in [2.75, 3.05) is 19.0 Å². The van der Waals surface area contributed by atoms with Crippen molar-refractivity contribution in [3.8, 4) is 5.75 Å². The number of rotatable bonds is 8. The first-order valence-corrected chi connectivity index (χ1v) is 11.8. The number of carbonyl (C=O) groups excluding carboxylic acids is 1. The number of nitrogens with one attached hydrogen (secondary N) is 1. The second-order valence-electron chi connectivity index (χ2n) is 7.11. The van der Waals surface area contributed by atoms with Gasteiger partial charge in [0.15, 0.2) is 0 Å². The van der Waals surface area contributed by atoms with Crippen molar-refractivity contribution < 1.29 is 17.9 Å². The standard InChI is InChI=1S/C23H22Cl2N2O4S/c1-16-4-3-5-17(12-16)14-27(32(29,30)20-9-6-18(24)7-10-20)15-23(28)26-21-13-19(25)8-11-22(21)31-2/h3-13H,14-15H2,1-2H3,(H,26,28). The third-order valence-corrected chi connectivity index (χ3v) is 6.94. The molecule has 0 bridgehead atoms. The summed E-state index contributed by atoms with van der Waals surface area (Å²) in [6.45, 7) is 1.53. The molecule has 3 aromatic carbocycles. The van der Waals surface area contributed by atoms with E-state index in [1.807, 2.05) is 31.2 Å². The number of hydrogen-bond donors (Lipinski definition) is 1. The van der Waals surface area contributed by atoms with Crippen molar-refractivity contribution in [1.29, 1.82) is 0 Å². The van der Waals surface area contributed by atoms with Crippen LogP contribution in [-0.2, 0) is 21.4 Å². The van der Waals surface area contributed by atoms with Crippen molar-refractivity contribution in [1.82, 2.24) is 4.31 Å². The van der Waals surface area contributed by atoms with Crippen LogP contribution in [0.3, 0.4) is 0 Å². The molecule has 0 aliphatic rings. The summed E-state index contributed by atoms with van der Waals surface area (Å²) in [5.74, 6) is -0.121.